The number of carbonyl (C=O) groups is 1. The van der Waals surface area contributed by atoms with Gasteiger partial charge in [-0.2, -0.15) is 0 Å². The predicted molar refractivity (Wildman–Crippen MR) is 63.1 cm³/mol. The van der Waals surface area contributed by atoms with Crippen LogP contribution in [-0.4, -0.2) is 14.3 Å². The zero-order valence-corrected chi connectivity index (χ0v) is 10.4. The van der Waals surface area contributed by atoms with Gasteiger partial charge in [0.15, 0.2) is 0 Å². The molecule has 0 atom stereocenters. The molecule has 0 saturated carbocycles. The molecule has 0 unspecified atom stereocenters. The van der Waals surface area contributed by atoms with Crippen molar-refractivity contribution in [2.45, 2.75) is 26.2 Å². The Labute approximate surface area is 91.4 Å². The van der Waals surface area contributed by atoms with Crippen molar-refractivity contribution in [3.8, 4) is 0 Å². The molecule has 0 aliphatic heterocycles. The summed E-state index contributed by atoms with van der Waals surface area (Å²) in [5.41, 5.74) is 7.07. The normalized spacial score (nSPS) is 11.2. The molecule has 0 aliphatic rings. The predicted octanol–water partition coefficient (Wildman–Crippen LogP) is 2.14. The maximum atomic E-state index is 11.6. The molecule has 0 fully saturated rings. The monoisotopic (exact) mass is 223 g/mol. The van der Waals surface area contributed by atoms with Crippen molar-refractivity contribution < 1.29 is 9.22 Å². The third kappa shape index (κ3) is 3.85. The molecule has 0 bridgehead atoms. The first kappa shape index (κ1) is 11.9. The summed E-state index contributed by atoms with van der Waals surface area (Å²) in [5, 5.41) is 0. The largest absolute Gasteiger partial charge is 0.516 e. The topological polar surface area (TPSA) is 52.3 Å². The fourth-order valence-electron chi connectivity index (χ4n) is 1.11. The molecule has 4 heteroatoms. The lowest BCUT2D eigenvalue weighted by Gasteiger charge is -2.17. The van der Waals surface area contributed by atoms with E-state index in [2.05, 4.69) is 0 Å². The van der Waals surface area contributed by atoms with Crippen LogP contribution in [0.25, 0.3) is 0 Å². The summed E-state index contributed by atoms with van der Waals surface area (Å²) in [6.45, 7) is 6.45. The van der Waals surface area contributed by atoms with E-state index in [9.17, 15) is 4.79 Å². The lowest BCUT2D eigenvalue weighted by Crippen LogP contribution is -2.29. The minimum atomic E-state index is -1.80. The van der Waals surface area contributed by atoms with Crippen molar-refractivity contribution in [3.05, 3.63) is 35.4 Å². The molecule has 15 heavy (non-hydrogen) atoms. The zero-order chi connectivity index (χ0) is 11.5. The Morgan fingerprint density at radius 1 is 1.27 bits per heavy atom. The van der Waals surface area contributed by atoms with Gasteiger partial charge in [0.25, 0.3) is 0 Å². The third-order valence-electron chi connectivity index (χ3n) is 1.82. The molecule has 0 aliphatic carbocycles. The van der Waals surface area contributed by atoms with Crippen LogP contribution in [0.15, 0.2) is 24.3 Å². The van der Waals surface area contributed by atoms with Crippen LogP contribution in [0, 0.1) is 0 Å². The van der Waals surface area contributed by atoms with Crippen LogP contribution in [0.1, 0.15) is 15.9 Å². The number of hydrogen-bond acceptors (Lipinski definition) is 3. The van der Waals surface area contributed by atoms with Crippen molar-refractivity contribution in [2.24, 2.45) is 5.73 Å². The second-order valence-electron chi connectivity index (χ2n) is 4.40. The van der Waals surface area contributed by atoms with Crippen LogP contribution in [0.5, 0.6) is 0 Å². The van der Waals surface area contributed by atoms with E-state index < -0.39 is 8.32 Å². The molecular weight excluding hydrogens is 206 g/mol. The lowest BCUT2D eigenvalue weighted by molar-refractivity contribution is 0.0724. The molecule has 0 aromatic heterocycles. The van der Waals surface area contributed by atoms with Gasteiger partial charge in [0, 0.05) is 6.54 Å². The Hall–Kier alpha value is -1.13. The summed E-state index contributed by atoms with van der Waals surface area (Å²) in [5.74, 6) is -0.238. The molecular formula is C11H17NO2Si. The Kier molecular flexibility index (Phi) is 3.65. The number of nitrogens with two attached hydrogens (primary N) is 1. The second kappa shape index (κ2) is 4.59. The highest BCUT2D eigenvalue weighted by Crippen LogP contribution is 2.10. The number of benzene rings is 1. The highest BCUT2D eigenvalue weighted by molar-refractivity contribution is 6.71. The number of carbonyl (C=O) groups excluding carboxylic acids is 1. The Balaban J connectivity index is 2.75. The summed E-state index contributed by atoms with van der Waals surface area (Å²) in [6.07, 6.45) is 0. The van der Waals surface area contributed by atoms with E-state index in [1.54, 1.807) is 12.1 Å². The van der Waals surface area contributed by atoms with Crippen LogP contribution in [0.4, 0.5) is 0 Å². The molecule has 82 valence electrons. The highest BCUT2D eigenvalue weighted by atomic mass is 28.4. The van der Waals surface area contributed by atoms with E-state index in [0.717, 1.165) is 5.56 Å². The Bertz CT molecular complexity index is 341. The Morgan fingerprint density at radius 2 is 1.80 bits per heavy atom. The van der Waals surface area contributed by atoms with Crippen molar-refractivity contribution >= 4 is 14.3 Å². The summed E-state index contributed by atoms with van der Waals surface area (Å²) >= 11 is 0. The minimum Gasteiger partial charge on any atom is -0.516 e. The molecule has 1 rings (SSSR count). The average molecular weight is 223 g/mol. The first-order valence-electron chi connectivity index (χ1n) is 4.95. The zero-order valence-electron chi connectivity index (χ0n) is 9.41. The second-order valence-corrected chi connectivity index (χ2v) is 8.83. The van der Waals surface area contributed by atoms with E-state index in [4.69, 9.17) is 10.2 Å². The number of hydrogen-bond donors (Lipinski definition) is 1. The first-order chi connectivity index (χ1) is 6.92. The van der Waals surface area contributed by atoms with Crippen molar-refractivity contribution in [1.29, 1.82) is 0 Å². The van der Waals surface area contributed by atoms with Gasteiger partial charge in [-0.1, -0.05) is 12.1 Å². The SMILES string of the molecule is C[Si](C)(C)OC(=O)c1ccc(CN)cc1. The summed E-state index contributed by atoms with van der Waals surface area (Å²) in [4.78, 5) is 11.6. The van der Waals surface area contributed by atoms with Gasteiger partial charge >= 0.3 is 5.97 Å². The summed E-state index contributed by atoms with van der Waals surface area (Å²) in [6, 6.07) is 7.21. The molecule has 0 spiro atoms. The van der Waals surface area contributed by atoms with E-state index >= 15 is 0 Å². The fraction of sp³-hybridized carbons (Fsp3) is 0.364. The van der Waals surface area contributed by atoms with Crippen LogP contribution in [-0.2, 0) is 11.0 Å². The van der Waals surface area contributed by atoms with Crippen LogP contribution < -0.4 is 5.73 Å². The maximum Gasteiger partial charge on any atom is 0.324 e. The van der Waals surface area contributed by atoms with Gasteiger partial charge in [-0.15, -0.1) is 0 Å². The highest BCUT2D eigenvalue weighted by Gasteiger charge is 2.20. The first-order valence-corrected chi connectivity index (χ1v) is 8.35. The quantitative estimate of drug-likeness (QED) is 0.799. The molecule has 1 aromatic carbocycles. The Morgan fingerprint density at radius 3 is 2.20 bits per heavy atom. The smallest absolute Gasteiger partial charge is 0.324 e. The molecule has 0 heterocycles. The lowest BCUT2D eigenvalue weighted by atomic mass is 10.1. The van der Waals surface area contributed by atoms with Gasteiger partial charge in [0.2, 0.25) is 8.32 Å². The van der Waals surface area contributed by atoms with Crippen LogP contribution >= 0.6 is 0 Å². The minimum absolute atomic E-state index is 0.238. The fourth-order valence-corrected chi connectivity index (χ4v) is 1.79. The van der Waals surface area contributed by atoms with Gasteiger partial charge in [0.1, 0.15) is 0 Å². The average Bonchev–Trinajstić information content (AvgIpc) is 2.15. The molecule has 3 nitrogen and oxygen atoms in total. The number of rotatable bonds is 3. The van der Waals surface area contributed by atoms with E-state index in [0.29, 0.717) is 12.1 Å². The van der Waals surface area contributed by atoms with Gasteiger partial charge in [0.05, 0.1) is 5.56 Å². The molecule has 1 aromatic rings. The van der Waals surface area contributed by atoms with E-state index in [-0.39, 0.29) is 5.97 Å². The molecule has 0 amide bonds. The molecule has 2 N–H and O–H groups in total. The summed E-state index contributed by atoms with van der Waals surface area (Å²) in [7, 11) is -1.80. The maximum absolute atomic E-state index is 11.6. The van der Waals surface area contributed by atoms with Crippen LogP contribution in [0.3, 0.4) is 0 Å². The van der Waals surface area contributed by atoms with Gasteiger partial charge in [-0.25, -0.2) is 4.79 Å². The third-order valence-corrected chi connectivity index (χ3v) is 2.62. The molecule has 0 radical (unpaired) electrons. The van der Waals surface area contributed by atoms with Gasteiger partial charge in [-0.05, 0) is 37.3 Å². The van der Waals surface area contributed by atoms with E-state index in [1.165, 1.54) is 0 Å². The van der Waals surface area contributed by atoms with Gasteiger partial charge in [-0.3, -0.25) is 0 Å². The molecule has 0 saturated heterocycles. The summed E-state index contributed by atoms with van der Waals surface area (Å²) < 4.78 is 5.37. The standard InChI is InChI=1S/C11H17NO2Si/c1-15(2,3)14-11(13)10-6-4-9(8-12)5-7-10/h4-7H,8,12H2,1-3H3. The van der Waals surface area contributed by atoms with Crippen molar-refractivity contribution in [2.75, 3.05) is 0 Å². The van der Waals surface area contributed by atoms with Crippen molar-refractivity contribution in [3.63, 3.8) is 0 Å². The van der Waals surface area contributed by atoms with Crippen molar-refractivity contribution in [1.82, 2.24) is 0 Å². The van der Waals surface area contributed by atoms with E-state index in [1.807, 2.05) is 31.8 Å². The van der Waals surface area contributed by atoms with Crippen LogP contribution in [0.2, 0.25) is 19.6 Å². The van der Waals surface area contributed by atoms with Gasteiger partial charge < -0.3 is 10.2 Å².